The number of primary sulfonamides is 1. The van der Waals surface area contributed by atoms with Crippen LogP contribution < -0.4 is 20.5 Å². The van der Waals surface area contributed by atoms with Crippen LogP contribution in [0.2, 0.25) is 0 Å². The largest absolute Gasteiger partial charge is 0.497 e. The van der Waals surface area contributed by atoms with E-state index in [-0.39, 0.29) is 18.3 Å². The van der Waals surface area contributed by atoms with Gasteiger partial charge in [-0.15, -0.1) is 0 Å². The lowest BCUT2D eigenvalue weighted by Crippen LogP contribution is -2.41. The van der Waals surface area contributed by atoms with Crippen LogP contribution in [0, 0.1) is 0 Å². The molecule has 158 valence electrons. The molecule has 0 aliphatic carbocycles. The van der Waals surface area contributed by atoms with Crippen LogP contribution >= 0.6 is 0 Å². The van der Waals surface area contributed by atoms with Crippen molar-refractivity contribution in [3.63, 3.8) is 0 Å². The van der Waals surface area contributed by atoms with Gasteiger partial charge in [-0.1, -0.05) is 18.6 Å². The molecule has 1 aromatic rings. The number of sulfonamides is 1. The molecule has 1 heterocycles. The van der Waals surface area contributed by atoms with E-state index in [1.54, 1.807) is 7.11 Å². The maximum absolute atomic E-state index is 11.1. The Hall–Kier alpha value is -1.84. The van der Waals surface area contributed by atoms with Crippen LogP contribution in [0.3, 0.4) is 0 Å². The normalized spacial score (nSPS) is 17.2. The van der Waals surface area contributed by atoms with E-state index in [0.717, 1.165) is 18.8 Å². The second-order valence-corrected chi connectivity index (χ2v) is 8.63. The van der Waals surface area contributed by atoms with Gasteiger partial charge in [0.25, 0.3) is 0 Å². The lowest BCUT2D eigenvalue weighted by Gasteiger charge is -2.34. The zero-order valence-corrected chi connectivity index (χ0v) is 17.7. The Kier molecular flexibility index (Phi) is 9.01. The quantitative estimate of drug-likeness (QED) is 0.414. The molecule has 1 aliphatic heterocycles. The molecule has 8 nitrogen and oxygen atoms in total. The number of rotatable bonds is 9. The first-order valence-electron chi connectivity index (χ1n) is 9.83. The lowest BCUT2D eigenvalue weighted by atomic mass is 10.0. The highest BCUT2D eigenvalue weighted by molar-refractivity contribution is 7.89. The number of nitrogens with one attached hydrogen (secondary N) is 2. The highest BCUT2D eigenvalue weighted by atomic mass is 32.2. The molecule has 1 saturated heterocycles. The van der Waals surface area contributed by atoms with Crippen molar-refractivity contribution < 1.29 is 13.2 Å². The first-order chi connectivity index (χ1) is 13.4. The van der Waals surface area contributed by atoms with Gasteiger partial charge < -0.3 is 15.4 Å². The predicted molar refractivity (Wildman–Crippen MR) is 113 cm³/mol. The highest BCUT2D eigenvalue weighted by Gasteiger charge is 2.22. The summed E-state index contributed by atoms with van der Waals surface area (Å²) in [6.07, 6.45) is 3.67. The molecule has 0 amide bonds. The Balaban J connectivity index is 2.12. The van der Waals surface area contributed by atoms with Crippen LogP contribution in [0.1, 0.15) is 37.8 Å². The van der Waals surface area contributed by atoms with E-state index in [2.05, 4.69) is 27.7 Å². The molecule has 28 heavy (non-hydrogen) atoms. The third-order valence-electron chi connectivity index (χ3n) is 4.78. The number of ether oxygens (including phenoxy) is 1. The number of hydrogen-bond acceptors (Lipinski definition) is 5. The van der Waals surface area contributed by atoms with E-state index in [4.69, 9.17) is 14.9 Å². The number of piperidine rings is 1. The number of nitrogens with two attached hydrogens (primary N) is 1. The zero-order chi connectivity index (χ0) is 20.4. The van der Waals surface area contributed by atoms with Crippen molar-refractivity contribution in [2.75, 3.05) is 45.6 Å². The molecular weight excluding hydrogens is 378 g/mol. The van der Waals surface area contributed by atoms with Crippen molar-refractivity contribution in [2.24, 2.45) is 10.1 Å². The minimum atomic E-state index is -3.50. The molecule has 1 atom stereocenters. The van der Waals surface area contributed by atoms with Crippen LogP contribution in [0.25, 0.3) is 0 Å². The van der Waals surface area contributed by atoms with Crippen LogP contribution in [-0.4, -0.2) is 64.9 Å². The standard InChI is InChI=1S/C19H33N5O3S/c1-3-21-19(22-11-14-28(20,25)26)23-15-18(24-12-5-4-6-13-24)16-7-9-17(27-2)10-8-16/h7-10,18H,3-6,11-15H2,1-2H3,(H2,20,25,26)(H2,21,22,23). The van der Waals surface area contributed by atoms with Gasteiger partial charge in [0.1, 0.15) is 5.75 Å². The van der Waals surface area contributed by atoms with Crippen LogP contribution in [-0.2, 0) is 10.0 Å². The van der Waals surface area contributed by atoms with E-state index in [1.807, 2.05) is 19.1 Å². The van der Waals surface area contributed by atoms with Gasteiger partial charge in [-0.2, -0.15) is 0 Å². The van der Waals surface area contributed by atoms with Crippen LogP contribution in [0.15, 0.2) is 29.3 Å². The van der Waals surface area contributed by atoms with Crippen molar-refractivity contribution in [1.82, 2.24) is 15.5 Å². The molecule has 0 bridgehead atoms. The summed E-state index contributed by atoms with van der Waals surface area (Å²) in [6.45, 7) is 5.59. The number of benzene rings is 1. The van der Waals surface area contributed by atoms with E-state index in [0.29, 0.717) is 19.0 Å². The number of nitrogens with zero attached hydrogens (tertiary/aromatic N) is 2. The molecule has 0 aromatic heterocycles. The average molecular weight is 412 g/mol. The van der Waals surface area contributed by atoms with Crippen LogP contribution in [0.4, 0.5) is 0 Å². The molecule has 1 aliphatic rings. The van der Waals surface area contributed by atoms with Gasteiger partial charge in [0.05, 0.1) is 25.4 Å². The van der Waals surface area contributed by atoms with Gasteiger partial charge in [0.2, 0.25) is 10.0 Å². The number of hydrogen-bond donors (Lipinski definition) is 3. The fourth-order valence-corrected chi connectivity index (χ4v) is 3.71. The molecule has 0 radical (unpaired) electrons. The second kappa shape index (κ2) is 11.2. The van der Waals surface area contributed by atoms with Crippen LogP contribution in [0.5, 0.6) is 5.75 Å². The van der Waals surface area contributed by atoms with Gasteiger partial charge in [0, 0.05) is 13.1 Å². The lowest BCUT2D eigenvalue weighted by molar-refractivity contribution is 0.167. The third-order valence-corrected chi connectivity index (χ3v) is 5.55. The predicted octanol–water partition coefficient (Wildman–Crippen LogP) is 1.07. The Labute approximate surface area is 168 Å². The van der Waals surface area contributed by atoms with Gasteiger partial charge >= 0.3 is 0 Å². The molecule has 1 aromatic carbocycles. The van der Waals surface area contributed by atoms with Gasteiger partial charge in [0.15, 0.2) is 5.96 Å². The SMILES string of the molecule is CCNC(=NCC(c1ccc(OC)cc1)N1CCCCC1)NCCS(N)(=O)=O. The number of likely N-dealkylation sites (tertiary alicyclic amines) is 1. The maximum Gasteiger partial charge on any atom is 0.210 e. The summed E-state index contributed by atoms with van der Waals surface area (Å²) in [4.78, 5) is 7.19. The smallest absolute Gasteiger partial charge is 0.210 e. The van der Waals surface area contributed by atoms with E-state index >= 15 is 0 Å². The first-order valence-corrected chi connectivity index (χ1v) is 11.5. The summed E-state index contributed by atoms with van der Waals surface area (Å²) in [7, 11) is -1.83. The number of methoxy groups -OCH3 is 1. The minimum absolute atomic E-state index is 0.133. The molecule has 2 rings (SSSR count). The van der Waals surface area contributed by atoms with E-state index in [1.165, 1.54) is 24.8 Å². The Morgan fingerprint density at radius 3 is 2.46 bits per heavy atom. The summed E-state index contributed by atoms with van der Waals surface area (Å²) in [6, 6.07) is 8.31. The summed E-state index contributed by atoms with van der Waals surface area (Å²) >= 11 is 0. The minimum Gasteiger partial charge on any atom is -0.497 e. The van der Waals surface area contributed by atoms with E-state index in [9.17, 15) is 8.42 Å². The van der Waals surface area contributed by atoms with Crippen molar-refractivity contribution in [1.29, 1.82) is 0 Å². The van der Waals surface area contributed by atoms with Gasteiger partial charge in [-0.05, 0) is 50.6 Å². The fourth-order valence-electron chi connectivity index (χ4n) is 3.32. The molecule has 4 N–H and O–H groups in total. The maximum atomic E-state index is 11.1. The van der Waals surface area contributed by atoms with Crippen molar-refractivity contribution in [2.45, 2.75) is 32.2 Å². The summed E-state index contributed by atoms with van der Waals surface area (Å²) in [5.74, 6) is 1.30. The van der Waals surface area contributed by atoms with Crippen molar-refractivity contribution >= 4 is 16.0 Å². The van der Waals surface area contributed by atoms with Crippen molar-refractivity contribution in [3.8, 4) is 5.75 Å². The zero-order valence-electron chi connectivity index (χ0n) is 16.9. The monoisotopic (exact) mass is 411 g/mol. The first kappa shape index (κ1) is 22.4. The van der Waals surface area contributed by atoms with E-state index < -0.39 is 10.0 Å². The fraction of sp³-hybridized carbons (Fsp3) is 0.632. The third kappa shape index (κ3) is 7.65. The summed E-state index contributed by atoms with van der Waals surface area (Å²) in [5, 5.41) is 11.3. The molecular formula is C19H33N5O3S. The molecule has 9 heteroatoms. The number of aliphatic imine (C=N–C) groups is 1. The number of guanidine groups is 1. The molecule has 1 unspecified atom stereocenters. The summed E-state index contributed by atoms with van der Waals surface area (Å²) in [5.41, 5.74) is 1.20. The molecule has 0 saturated carbocycles. The van der Waals surface area contributed by atoms with Gasteiger partial charge in [-0.3, -0.25) is 9.89 Å². The Morgan fingerprint density at radius 2 is 1.89 bits per heavy atom. The molecule has 0 spiro atoms. The summed E-state index contributed by atoms with van der Waals surface area (Å²) < 4.78 is 27.6. The topological polar surface area (TPSA) is 109 Å². The van der Waals surface area contributed by atoms with Crippen molar-refractivity contribution in [3.05, 3.63) is 29.8 Å². The second-order valence-electron chi connectivity index (χ2n) is 6.90. The van der Waals surface area contributed by atoms with Gasteiger partial charge in [-0.25, -0.2) is 13.6 Å². The highest BCUT2D eigenvalue weighted by Crippen LogP contribution is 2.26. The molecule has 1 fully saturated rings. The Morgan fingerprint density at radius 1 is 1.21 bits per heavy atom. The average Bonchev–Trinajstić information content (AvgIpc) is 2.68. The Bertz CT molecular complexity index is 716.